The first-order valence-electron chi connectivity index (χ1n) is 5.66. The third-order valence-corrected chi connectivity index (χ3v) is 2.61. The molecule has 2 atom stereocenters. The summed E-state index contributed by atoms with van der Waals surface area (Å²) < 4.78 is 0. The fourth-order valence-corrected chi connectivity index (χ4v) is 1.41. The van der Waals surface area contributed by atoms with Crippen molar-refractivity contribution in [3.63, 3.8) is 0 Å². The van der Waals surface area contributed by atoms with Crippen LogP contribution in [0.5, 0.6) is 0 Å². The van der Waals surface area contributed by atoms with E-state index >= 15 is 0 Å². The van der Waals surface area contributed by atoms with Crippen molar-refractivity contribution >= 4 is 36.4 Å². The molecule has 9 nitrogen and oxygen atoms in total. The van der Waals surface area contributed by atoms with Gasteiger partial charge in [0.1, 0.15) is 18.6 Å². The number of carboxylic acid groups (broad SMARTS) is 2. The molecule has 0 aliphatic rings. The molecule has 0 heterocycles. The van der Waals surface area contributed by atoms with Crippen molar-refractivity contribution in [3.8, 4) is 0 Å². The van der Waals surface area contributed by atoms with Crippen LogP contribution in [0.25, 0.3) is 0 Å². The molecule has 0 bridgehead atoms. The Labute approximate surface area is 148 Å². The van der Waals surface area contributed by atoms with Crippen molar-refractivity contribution in [1.29, 1.82) is 0 Å². The van der Waals surface area contributed by atoms with Gasteiger partial charge >= 0.3 is 41.5 Å². The number of nitrogens with one attached hydrogen (secondary N) is 2. The van der Waals surface area contributed by atoms with Crippen LogP contribution in [-0.4, -0.2) is 58.3 Å². The SMILES string of the molecule is N[C@@H](CCC(=O)N[C@@H](CS)C(=O)NCC(=O)O)C(=O)O.[Na+]. The predicted octanol–water partition coefficient (Wildman–Crippen LogP) is -5.20. The zero-order valence-corrected chi connectivity index (χ0v) is 14.4. The summed E-state index contributed by atoms with van der Waals surface area (Å²) in [6.07, 6.45) is -0.235. The molecular formula is C10H17N3NaO6S+. The minimum absolute atomic E-state index is 0. The maximum atomic E-state index is 11.5. The Bertz CT molecular complexity index is 395. The number of thiol groups is 1. The molecule has 0 unspecified atom stereocenters. The van der Waals surface area contributed by atoms with E-state index in [4.69, 9.17) is 15.9 Å². The van der Waals surface area contributed by atoms with Crippen molar-refractivity contribution < 1.29 is 58.9 Å². The summed E-state index contributed by atoms with van der Waals surface area (Å²) in [4.78, 5) is 43.7. The third-order valence-electron chi connectivity index (χ3n) is 2.25. The summed E-state index contributed by atoms with van der Waals surface area (Å²) in [5, 5.41) is 21.4. The first kappa shape index (κ1) is 22.5. The number of carbonyl (C=O) groups is 4. The first-order chi connectivity index (χ1) is 9.27. The number of aliphatic carboxylic acids is 2. The second kappa shape index (κ2) is 11.8. The quantitative estimate of drug-likeness (QED) is 0.182. The molecular weight excluding hydrogens is 313 g/mol. The Morgan fingerprint density at radius 1 is 1.19 bits per heavy atom. The van der Waals surface area contributed by atoms with Gasteiger partial charge in [0.2, 0.25) is 11.8 Å². The molecule has 0 aliphatic carbocycles. The summed E-state index contributed by atoms with van der Waals surface area (Å²) in [6, 6.07) is -2.15. The maximum absolute atomic E-state index is 11.5. The van der Waals surface area contributed by atoms with Crippen LogP contribution in [0.2, 0.25) is 0 Å². The van der Waals surface area contributed by atoms with Gasteiger partial charge in [0.05, 0.1) is 0 Å². The summed E-state index contributed by atoms with van der Waals surface area (Å²) >= 11 is 3.87. The zero-order chi connectivity index (χ0) is 15.7. The smallest absolute Gasteiger partial charge is 0.480 e. The minimum atomic E-state index is -1.22. The molecule has 0 aromatic rings. The second-order valence-corrected chi connectivity index (χ2v) is 4.26. The van der Waals surface area contributed by atoms with E-state index in [-0.39, 0.29) is 48.2 Å². The predicted molar refractivity (Wildman–Crippen MR) is 71.3 cm³/mol. The van der Waals surface area contributed by atoms with Crippen LogP contribution < -0.4 is 45.9 Å². The molecule has 6 N–H and O–H groups in total. The van der Waals surface area contributed by atoms with Crippen LogP contribution in [0.4, 0.5) is 0 Å². The van der Waals surface area contributed by atoms with Crippen LogP contribution in [0.15, 0.2) is 0 Å². The van der Waals surface area contributed by atoms with Crippen LogP contribution in [0.3, 0.4) is 0 Å². The van der Waals surface area contributed by atoms with Crippen molar-refractivity contribution in [3.05, 3.63) is 0 Å². The van der Waals surface area contributed by atoms with Gasteiger partial charge in [-0.25, -0.2) is 0 Å². The van der Waals surface area contributed by atoms with Crippen molar-refractivity contribution in [2.75, 3.05) is 12.3 Å². The van der Waals surface area contributed by atoms with Crippen LogP contribution in [-0.2, 0) is 19.2 Å². The molecule has 2 amide bonds. The van der Waals surface area contributed by atoms with E-state index in [1.54, 1.807) is 0 Å². The van der Waals surface area contributed by atoms with E-state index in [2.05, 4.69) is 23.3 Å². The molecule has 114 valence electrons. The number of carbonyl (C=O) groups excluding carboxylic acids is 2. The van der Waals surface area contributed by atoms with Gasteiger partial charge in [-0.1, -0.05) is 0 Å². The third kappa shape index (κ3) is 10.5. The molecule has 0 fully saturated rings. The molecule has 0 saturated carbocycles. The number of carboxylic acids is 2. The average molecular weight is 330 g/mol. The monoisotopic (exact) mass is 330 g/mol. The summed E-state index contributed by atoms with van der Waals surface area (Å²) in [6.45, 7) is -0.567. The zero-order valence-electron chi connectivity index (χ0n) is 11.5. The number of rotatable bonds is 9. The standard InChI is InChI=1S/C10H17N3O6S.Na/c11-5(10(18)19)1-2-7(14)13-6(4-20)9(17)12-3-8(15)16;/h5-6,20H,1-4,11H2,(H,12,17)(H,13,14)(H,15,16)(H,18,19);/q;+1/t5-,6-;/m0./s1. The van der Waals surface area contributed by atoms with Crippen molar-refractivity contribution in [1.82, 2.24) is 10.6 Å². The second-order valence-electron chi connectivity index (χ2n) is 3.90. The number of nitrogens with two attached hydrogens (primary N) is 1. The molecule has 0 aromatic heterocycles. The van der Waals surface area contributed by atoms with Crippen molar-refractivity contribution in [2.24, 2.45) is 5.73 Å². The fourth-order valence-electron chi connectivity index (χ4n) is 1.16. The number of amides is 2. The molecule has 0 aliphatic heterocycles. The van der Waals surface area contributed by atoms with E-state index in [1.165, 1.54) is 0 Å². The average Bonchev–Trinajstić information content (AvgIpc) is 2.38. The van der Waals surface area contributed by atoms with Gasteiger partial charge < -0.3 is 26.6 Å². The summed E-state index contributed by atoms with van der Waals surface area (Å²) in [7, 11) is 0. The molecule has 11 heteroatoms. The maximum Gasteiger partial charge on any atom is 1.00 e. The molecule has 0 aromatic carbocycles. The van der Waals surface area contributed by atoms with Crippen molar-refractivity contribution in [2.45, 2.75) is 24.9 Å². The van der Waals surface area contributed by atoms with E-state index in [0.717, 1.165) is 0 Å². The van der Waals surface area contributed by atoms with Gasteiger partial charge in [-0.05, 0) is 6.42 Å². The van der Waals surface area contributed by atoms with Crippen LogP contribution >= 0.6 is 12.6 Å². The Hall–Kier alpha value is -0.810. The van der Waals surface area contributed by atoms with Gasteiger partial charge in [0.15, 0.2) is 0 Å². The van der Waals surface area contributed by atoms with Crippen LogP contribution in [0, 0.1) is 0 Å². The van der Waals surface area contributed by atoms with E-state index in [1.807, 2.05) is 0 Å². The van der Waals surface area contributed by atoms with Gasteiger partial charge in [-0.3, -0.25) is 19.2 Å². The van der Waals surface area contributed by atoms with Gasteiger partial charge in [0, 0.05) is 12.2 Å². The van der Waals surface area contributed by atoms with Gasteiger partial charge in [0.25, 0.3) is 0 Å². The topological polar surface area (TPSA) is 159 Å². The molecule has 0 rings (SSSR count). The molecule has 0 radical (unpaired) electrons. The van der Waals surface area contributed by atoms with Crippen LogP contribution in [0.1, 0.15) is 12.8 Å². The Morgan fingerprint density at radius 3 is 2.19 bits per heavy atom. The first-order valence-corrected chi connectivity index (χ1v) is 6.29. The largest absolute Gasteiger partial charge is 1.00 e. The number of hydrogen-bond acceptors (Lipinski definition) is 6. The Kier molecular flexibility index (Phi) is 12.6. The minimum Gasteiger partial charge on any atom is -0.480 e. The van der Waals surface area contributed by atoms with E-state index in [0.29, 0.717) is 0 Å². The fraction of sp³-hybridized carbons (Fsp3) is 0.600. The van der Waals surface area contributed by atoms with E-state index < -0.39 is 42.4 Å². The van der Waals surface area contributed by atoms with Gasteiger partial charge in [-0.15, -0.1) is 0 Å². The van der Waals surface area contributed by atoms with Gasteiger partial charge in [-0.2, -0.15) is 12.6 Å². The molecule has 0 spiro atoms. The normalized spacial score (nSPS) is 12.5. The number of hydrogen-bond donors (Lipinski definition) is 6. The Balaban J connectivity index is 0. The summed E-state index contributed by atoms with van der Waals surface area (Å²) in [5.74, 6) is -3.70. The molecule has 0 saturated heterocycles. The molecule has 21 heavy (non-hydrogen) atoms. The Morgan fingerprint density at radius 2 is 1.76 bits per heavy atom. The van der Waals surface area contributed by atoms with E-state index in [9.17, 15) is 19.2 Å². The summed E-state index contributed by atoms with van der Waals surface area (Å²) in [5.41, 5.74) is 5.23.